The molecular formula is C37H48Cl2N6O5. The van der Waals surface area contributed by atoms with Crippen molar-refractivity contribution in [3.05, 3.63) is 57.6 Å². The minimum atomic E-state index is -0.593. The van der Waals surface area contributed by atoms with Gasteiger partial charge in [-0.1, -0.05) is 56.3 Å². The monoisotopic (exact) mass is 726 g/mol. The van der Waals surface area contributed by atoms with Gasteiger partial charge in [0.15, 0.2) is 0 Å². The van der Waals surface area contributed by atoms with Crippen molar-refractivity contribution in [2.24, 2.45) is 11.8 Å². The molecule has 0 spiro atoms. The molecule has 5 rings (SSSR count). The molecule has 11 nitrogen and oxygen atoms in total. The van der Waals surface area contributed by atoms with Crippen LogP contribution in [-0.4, -0.2) is 84.1 Å². The van der Waals surface area contributed by atoms with Crippen LogP contribution in [0.4, 0.5) is 11.4 Å². The third kappa shape index (κ3) is 9.98. The molecule has 13 heteroatoms. The third-order valence-electron chi connectivity index (χ3n) is 9.74. The summed E-state index contributed by atoms with van der Waals surface area (Å²) in [5, 5.41) is 12.2. The van der Waals surface area contributed by atoms with E-state index in [-0.39, 0.29) is 53.1 Å². The lowest BCUT2D eigenvalue weighted by molar-refractivity contribution is -0.141. The lowest BCUT2D eigenvalue weighted by Gasteiger charge is -2.34. The number of amides is 5. The van der Waals surface area contributed by atoms with E-state index >= 15 is 0 Å². The van der Waals surface area contributed by atoms with Gasteiger partial charge < -0.3 is 26.2 Å². The molecule has 2 aliphatic heterocycles. The van der Waals surface area contributed by atoms with Gasteiger partial charge in [0.1, 0.15) is 6.04 Å². The van der Waals surface area contributed by atoms with Crippen molar-refractivity contribution in [1.82, 2.24) is 20.4 Å². The molecule has 0 bridgehead atoms. The molecule has 2 heterocycles. The van der Waals surface area contributed by atoms with Gasteiger partial charge in [0, 0.05) is 36.3 Å². The van der Waals surface area contributed by atoms with Gasteiger partial charge in [0.05, 0.1) is 27.8 Å². The zero-order chi connectivity index (χ0) is 35.8. The van der Waals surface area contributed by atoms with E-state index in [1.54, 1.807) is 41.3 Å². The number of benzene rings is 2. The Hall–Kier alpha value is -3.67. The second-order valence-electron chi connectivity index (χ2n) is 14.1. The first-order valence-corrected chi connectivity index (χ1v) is 18.6. The fraction of sp³-hybridized carbons (Fsp3) is 0.541. The molecule has 5 amide bonds. The second kappa shape index (κ2) is 17.5. The SMILES string of the molecule is CC(C)CNC(=O)c1ccc(NC(=O)C2CCCN2C(=O)C2CCN(CC(=O)Nc3cc(C(=O)NC4CCCCC4)ccc3Cl)CC2)cc1Cl. The standard InChI is InChI=1S/C37H48Cl2N6O5/c1-23(2)21-40-35(48)28-12-11-27(20-30(28)39)42-36(49)32-9-6-16-45(32)37(50)24-14-17-44(18-15-24)22-33(46)43-31-19-25(10-13-29(31)38)34(47)41-26-7-4-3-5-8-26/h10-13,19-20,23-24,26,32H,3-9,14-18,21-22H2,1-2H3,(H,40,48)(H,41,47)(H,42,49)(H,43,46). The normalized spacial score (nSPS) is 18.9. The van der Waals surface area contributed by atoms with E-state index in [1.165, 1.54) is 6.42 Å². The Balaban J connectivity index is 1.09. The topological polar surface area (TPSA) is 140 Å². The van der Waals surface area contributed by atoms with Crippen LogP contribution in [0.2, 0.25) is 10.0 Å². The van der Waals surface area contributed by atoms with Gasteiger partial charge in [-0.05, 0) is 93.9 Å². The van der Waals surface area contributed by atoms with Crippen LogP contribution in [0.3, 0.4) is 0 Å². The number of piperidine rings is 1. The first-order valence-electron chi connectivity index (χ1n) is 17.8. The Morgan fingerprint density at radius 1 is 0.800 bits per heavy atom. The molecule has 2 aromatic rings. The second-order valence-corrected chi connectivity index (χ2v) is 14.9. The minimum Gasteiger partial charge on any atom is -0.352 e. The van der Waals surface area contributed by atoms with Crippen molar-refractivity contribution in [2.75, 3.05) is 43.4 Å². The molecule has 0 aromatic heterocycles. The highest BCUT2D eigenvalue weighted by Crippen LogP contribution is 2.28. The predicted octanol–water partition coefficient (Wildman–Crippen LogP) is 5.72. The van der Waals surface area contributed by atoms with Crippen LogP contribution in [0.15, 0.2) is 36.4 Å². The van der Waals surface area contributed by atoms with E-state index in [9.17, 15) is 24.0 Å². The fourth-order valence-corrected chi connectivity index (χ4v) is 7.37. The molecule has 2 saturated heterocycles. The van der Waals surface area contributed by atoms with Crippen LogP contribution in [0.5, 0.6) is 0 Å². The maximum atomic E-state index is 13.6. The fourth-order valence-electron chi connectivity index (χ4n) is 6.94. The van der Waals surface area contributed by atoms with Crippen molar-refractivity contribution in [2.45, 2.75) is 83.7 Å². The van der Waals surface area contributed by atoms with Gasteiger partial charge in [-0.3, -0.25) is 28.9 Å². The highest BCUT2D eigenvalue weighted by Gasteiger charge is 2.38. The number of carbonyl (C=O) groups is 5. The molecule has 50 heavy (non-hydrogen) atoms. The maximum absolute atomic E-state index is 13.6. The zero-order valence-electron chi connectivity index (χ0n) is 28.9. The average molecular weight is 728 g/mol. The Kier molecular flexibility index (Phi) is 13.2. The van der Waals surface area contributed by atoms with Crippen molar-refractivity contribution in [3.8, 4) is 0 Å². The van der Waals surface area contributed by atoms with Gasteiger partial charge in [-0.2, -0.15) is 0 Å². The van der Waals surface area contributed by atoms with Gasteiger partial charge in [0.25, 0.3) is 11.8 Å². The van der Waals surface area contributed by atoms with Gasteiger partial charge in [-0.15, -0.1) is 0 Å². The molecule has 3 fully saturated rings. The number of halogens is 2. The molecule has 4 N–H and O–H groups in total. The van der Waals surface area contributed by atoms with E-state index in [1.807, 2.05) is 18.7 Å². The lowest BCUT2D eigenvalue weighted by atomic mass is 9.95. The first-order chi connectivity index (χ1) is 24.0. The first kappa shape index (κ1) is 37.6. The van der Waals surface area contributed by atoms with Crippen LogP contribution in [0, 0.1) is 11.8 Å². The molecule has 2 aromatic carbocycles. The number of hydrogen-bond acceptors (Lipinski definition) is 6. The van der Waals surface area contributed by atoms with Crippen LogP contribution < -0.4 is 21.3 Å². The molecule has 1 unspecified atom stereocenters. The summed E-state index contributed by atoms with van der Waals surface area (Å²) in [6, 6.07) is 9.26. The average Bonchev–Trinajstić information content (AvgIpc) is 3.59. The van der Waals surface area contributed by atoms with Crippen molar-refractivity contribution >= 4 is 64.1 Å². The number of nitrogens with one attached hydrogen (secondary N) is 4. The number of likely N-dealkylation sites (tertiary alicyclic amines) is 2. The largest absolute Gasteiger partial charge is 0.352 e. The van der Waals surface area contributed by atoms with Crippen molar-refractivity contribution in [3.63, 3.8) is 0 Å². The summed E-state index contributed by atoms with van der Waals surface area (Å²) < 4.78 is 0. The maximum Gasteiger partial charge on any atom is 0.252 e. The summed E-state index contributed by atoms with van der Waals surface area (Å²) in [6.07, 6.45) is 7.82. The van der Waals surface area contributed by atoms with Gasteiger partial charge in [0.2, 0.25) is 17.7 Å². The summed E-state index contributed by atoms with van der Waals surface area (Å²) in [4.78, 5) is 68.9. The van der Waals surface area contributed by atoms with Gasteiger partial charge >= 0.3 is 0 Å². The summed E-state index contributed by atoms with van der Waals surface area (Å²) >= 11 is 12.7. The number of carbonyl (C=O) groups excluding carboxylic acids is 5. The quantitative estimate of drug-likeness (QED) is 0.234. The Morgan fingerprint density at radius 3 is 2.24 bits per heavy atom. The smallest absolute Gasteiger partial charge is 0.252 e. The Bertz CT molecular complexity index is 1570. The van der Waals surface area contributed by atoms with Crippen LogP contribution in [0.25, 0.3) is 0 Å². The molecule has 3 aliphatic rings. The molecule has 0 radical (unpaired) electrons. The highest BCUT2D eigenvalue weighted by molar-refractivity contribution is 6.34. The van der Waals surface area contributed by atoms with E-state index in [4.69, 9.17) is 23.2 Å². The summed E-state index contributed by atoms with van der Waals surface area (Å²) in [5.74, 6) is -0.962. The number of anilines is 2. The summed E-state index contributed by atoms with van der Waals surface area (Å²) in [6.45, 7) is 6.29. The van der Waals surface area contributed by atoms with Crippen molar-refractivity contribution < 1.29 is 24.0 Å². The van der Waals surface area contributed by atoms with Gasteiger partial charge in [-0.25, -0.2) is 0 Å². The van der Waals surface area contributed by atoms with Crippen LogP contribution in [0.1, 0.15) is 92.4 Å². The van der Waals surface area contributed by atoms with Crippen LogP contribution >= 0.6 is 23.2 Å². The van der Waals surface area contributed by atoms with E-state index in [0.29, 0.717) is 78.9 Å². The van der Waals surface area contributed by atoms with E-state index < -0.39 is 6.04 Å². The third-order valence-corrected chi connectivity index (χ3v) is 10.4. The molecule has 1 atom stereocenters. The number of hydrogen-bond donors (Lipinski definition) is 4. The predicted molar refractivity (Wildman–Crippen MR) is 196 cm³/mol. The van der Waals surface area contributed by atoms with E-state index in [2.05, 4.69) is 21.3 Å². The molecule has 270 valence electrons. The Morgan fingerprint density at radius 2 is 1.54 bits per heavy atom. The summed E-state index contributed by atoms with van der Waals surface area (Å²) in [7, 11) is 0. The summed E-state index contributed by atoms with van der Waals surface area (Å²) in [5.41, 5.74) is 1.63. The van der Waals surface area contributed by atoms with E-state index in [0.717, 1.165) is 32.1 Å². The number of rotatable bonds is 11. The molecular weight excluding hydrogens is 679 g/mol. The zero-order valence-corrected chi connectivity index (χ0v) is 30.4. The number of nitrogens with zero attached hydrogens (tertiary/aromatic N) is 2. The molecule has 1 aliphatic carbocycles. The highest BCUT2D eigenvalue weighted by atomic mass is 35.5. The van der Waals surface area contributed by atoms with Crippen LogP contribution in [-0.2, 0) is 14.4 Å². The Labute approximate surface area is 304 Å². The molecule has 1 saturated carbocycles. The van der Waals surface area contributed by atoms with Crippen molar-refractivity contribution in [1.29, 1.82) is 0 Å². The minimum absolute atomic E-state index is 0.0444. The lowest BCUT2D eigenvalue weighted by Crippen LogP contribution is -2.48.